The summed E-state index contributed by atoms with van der Waals surface area (Å²) >= 11 is 5.72. The Morgan fingerprint density at radius 3 is 2.55 bits per heavy atom. The fraction of sp³-hybridized carbons (Fsp3) is 0.0833. The highest BCUT2D eigenvalue weighted by Gasteiger charge is 2.07. The van der Waals surface area contributed by atoms with E-state index in [1.807, 2.05) is 12.1 Å². The first-order valence-electron chi connectivity index (χ1n) is 5.33. The van der Waals surface area contributed by atoms with E-state index in [1.54, 1.807) is 6.07 Å². The average Bonchev–Trinajstić information content (AvgIpc) is 2.46. The molecular weight excluding hydrogens is 280 g/mol. The third-order valence-corrected chi connectivity index (χ3v) is 2.46. The Morgan fingerprint density at radius 2 is 1.90 bits per heavy atom. The van der Waals surface area contributed by atoms with E-state index in [0.717, 1.165) is 0 Å². The fourth-order valence-corrected chi connectivity index (χ4v) is 1.57. The summed E-state index contributed by atoms with van der Waals surface area (Å²) in [5.41, 5.74) is 1.10. The van der Waals surface area contributed by atoms with Crippen LogP contribution in [0.25, 0.3) is 0 Å². The summed E-state index contributed by atoms with van der Waals surface area (Å²) in [7, 11) is 1.41. The van der Waals surface area contributed by atoms with Crippen molar-refractivity contribution in [2.24, 2.45) is 0 Å². The number of hydrogen-bond donors (Lipinski definition) is 1. The highest BCUT2D eigenvalue weighted by atomic mass is 35.5. The summed E-state index contributed by atoms with van der Waals surface area (Å²) in [5.74, 6) is 0.176. The molecule has 8 heteroatoms. The van der Waals surface area contributed by atoms with Crippen molar-refractivity contribution in [1.82, 2.24) is 15.0 Å². The maximum atomic E-state index is 8.96. The van der Waals surface area contributed by atoms with Crippen molar-refractivity contribution in [3.05, 3.63) is 34.6 Å². The molecule has 0 fully saturated rings. The minimum absolute atomic E-state index is 0.0199. The van der Waals surface area contributed by atoms with Gasteiger partial charge in [-0.15, -0.1) is 0 Å². The maximum absolute atomic E-state index is 8.96. The number of anilines is 2. The molecule has 0 radical (unpaired) electrons. The van der Waals surface area contributed by atoms with Gasteiger partial charge in [-0.2, -0.15) is 25.5 Å². The summed E-state index contributed by atoms with van der Waals surface area (Å²) in [6.45, 7) is 0. The van der Waals surface area contributed by atoms with E-state index < -0.39 is 0 Å². The molecule has 0 aliphatic heterocycles. The second kappa shape index (κ2) is 5.83. The lowest BCUT2D eigenvalue weighted by atomic mass is 10.1. The van der Waals surface area contributed by atoms with Gasteiger partial charge in [0.2, 0.25) is 11.2 Å². The number of rotatable bonds is 3. The van der Waals surface area contributed by atoms with Crippen molar-refractivity contribution in [2.75, 3.05) is 12.4 Å². The molecule has 0 spiro atoms. The molecule has 20 heavy (non-hydrogen) atoms. The second-order valence-corrected chi connectivity index (χ2v) is 3.86. The lowest BCUT2D eigenvalue weighted by Crippen LogP contribution is -2.02. The minimum Gasteiger partial charge on any atom is -0.467 e. The average molecular weight is 287 g/mol. The summed E-state index contributed by atoms with van der Waals surface area (Å²) in [6, 6.07) is 8.62. The lowest BCUT2D eigenvalue weighted by molar-refractivity contribution is 0.379. The van der Waals surface area contributed by atoms with Crippen molar-refractivity contribution in [3.63, 3.8) is 0 Å². The first-order valence-corrected chi connectivity index (χ1v) is 5.71. The Labute approximate surface area is 119 Å². The number of ether oxygens (including phenoxy) is 1. The largest absolute Gasteiger partial charge is 0.467 e. The zero-order valence-electron chi connectivity index (χ0n) is 10.3. The highest BCUT2D eigenvalue weighted by Crippen LogP contribution is 2.19. The van der Waals surface area contributed by atoms with Gasteiger partial charge in [-0.25, -0.2) is 0 Å². The lowest BCUT2D eigenvalue weighted by Gasteiger charge is -2.06. The van der Waals surface area contributed by atoms with Crippen LogP contribution in [0.1, 0.15) is 11.1 Å². The summed E-state index contributed by atoms with van der Waals surface area (Å²) in [5, 5.41) is 20.6. The van der Waals surface area contributed by atoms with Crippen molar-refractivity contribution in [3.8, 4) is 18.1 Å². The fourth-order valence-electron chi connectivity index (χ4n) is 1.42. The van der Waals surface area contributed by atoms with Gasteiger partial charge in [-0.1, -0.05) is 0 Å². The van der Waals surface area contributed by atoms with E-state index in [-0.39, 0.29) is 22.8 Å². The third kappa shape index (κ3) is 2.91. The molecule has 1 aromatic heterocycles. The van der Waals surface area contributed by atoms with Gasteiger partial charge in [-0.3, -0.25) is 0 Å². The van der Waals surface area contributed by atoms with Crippen LogP contribution in [-0.4, -0.2) is 22.1 Å². The van der Waals surface area contributed by atoms with Crippen LogP contribution in [0.4, 0.5) is 11.6 Å². The molecule has 98 valence electrons. The number of benzene rings is 1. The first-order chi connectivity index (χ1) is 9.66. The molecule has 0 aliphatic rings. The Balaban J connectivity index is 2.33. The summed E-state index contributed by atoms with van der Waals surface area (Å²) in [6.07, 6.45) is 0. The van der Waals surface area contributed by atoms with Crippen LogP contribution in [0.2, 0.25) is 5.28 Å². The molecule has 1 aromatic carbocycles. The molecule has 0 bridgehead atoms. The van der Waals surface area contributed by atoms with E-state index in [9.17, 15) is 0 Å². The van der Waals surface area contributed by atoms with Gasteiger partial charge in [0.25, 0.3) is 0 Å². The molecule has 0 amide bonds. The van der Waals surface area contributed by atoms with Crippen LogP contribution in [0.5, 0.6) is 6.01 Å². The number of nitrogens with zero attached hydrogens (tertiary/aromatic N) is 5. The predicted molar refractivity (Wildman–Crippen MR) is 70.5 cm³/mol. The van der Waals surface area contributed by atoms with Gasteiger partial charge in [-0.05, 0) is 29.8 Å². The van der Waals surface area contributed by atoms with Crippen molar-refractivity contribution in [1.29, 1.82) is 10.5 Å². The minimum atomic E-state index is -0.0199. The number of methoxy groups -OCH3 is 1. The van der Waals surface area contributed by atoms with Gasteiger partial charge >= 0.3 is 6.01 Å². The number of nitriles is 2. The molecule has 0 saturated heterocycles. The molecule has 1 heterocycles. The Bertz CT molecular complexity index is 734. The van der Waals surface area contributed by atoms with Crippen molar-refractivity contribution < 1.29 is 4.74 Å². The summed E-state index contributed by atoms with van der Waals surface area (Å²) < 4.78 is 4.87. The quantitative estimate of drug-likeness (QED) is 0.919. The van der Waals surface area contributed by atoms with Gasteiger partial charge in [0.05, 0.1) is 18.2 Å². The van der Waals surface area contributed by atoms with Crippen LogP contribution in [0, 0.1) is 22.7 Å². The van der Waals surface area contributed by atoms with Gasteiger partial charge in [0.15, 0.2) is 0 Å². The number of aromatic nitrogens is 3. The van der Waals surface area contributed by atoms with E-state index in [0.29, 0.717) is 11.3 Å². The standard InChI is InChI=1S/C12H7ClN6O/c1-20-12-18-10(13)17-11(19-12)16-9-3-2-7(5-14)8(4-9)6-15/h2-4H,1H3,(H,16,17,18,19). The molecule has 1 N–H and O–H groups in total. The van der Waals surface area contributed by atoms with E-state index in [1.165, 1.54) is 19.2 Å². The molecule has 0 saturated carbocycles. The zero-order valence-corrected chi connectivity index (χ0v) is 11.0. The topological polar surface area (TPSA) is 108 Å². The van der Waals surface area contributed by atoms with Gasteiger partial charge < -0.3 is 10.1 Å². The van der Waals surface area contributed by atoms with Crippen LogP contribution >= 0.6 is 11.6 Å². The summed E-state index contributed by atoms with van der Waals surface area (Å²) in [4.78, 5) is 11.6. The van der Waals surface area contributed by atoms with Crippen molar-refractivity contribution >= 4 is 23.2 Å². The van der Waals surface area contributed by atoms with Gasteiger partial charge in [0.1, 0.15) is 12.1 Å². The monoisotopic (exact) mass is 286 g/mol. The van der Waals surface area contributed by atoms with E-state index >= 15 is 0 Å². The highest BCUT2D eigenvalue weighted by molar-refractivity contribution is 6.28. The number of halogens is 1. The molecule has 2 rings (SSSR count). The molecule has 0 aliphatic carbocycles. The Morgan fingerprint density at radius 1 is 1.15 bits per heavy atom. The van der Waals surface area contributed by atoms with E-state index in [2.05, 4.69) is 20.3 Å². The smallest absolute Gasteiger partial charge is 0.322 e. The van der Waals surface area contributed by atoms with Crippen LogP contribution < -0.4 is 10.1 Å². The first kappa shape index (κ1) is 13.5. The van der Waals surface area contributed by atoms with Gasteiger partial charge in [0, 0.05) is 5.69 Å². The number of hydrogen-bond acceptors (Lipinski definition) is 7. The molecule has 0 atom stereocenters. The Hall–Kier alpha value is -2.90. The predicted octanol–water partition coefficient (Wildman–Crippen LogP) is 2.02. The zero-order chi connectivity index (χ0) is 14.5. The molecule has 2 aromatic rings. The van der Waals surface area contributed by atoms with Crippen molar-refractivity contribution in [2.45, 2.75) is 0 Å². The van der Waals surface area contributed by atoms with E-state index in [4.69, 9.17) is 26.9 Å². The normalized spacial score (nSPS) is 9.40. The molecule has 7 nitrogen and oxygen atoms in total. The molecular formula is C12H7ClN6O. The third-order valence-electron chi connectivity index (χ3n) is 2.29. The molecule has 0 unspecified atom stereocenters. The van der Waals surface area contributed by atoms with Crippen LogP contribution in [-0.2, 0) is 0 Å². The maximum Gasteiger partial charge on any atom is 0.322 e. The number of nitrogens with one attached hydrogen (secondary N) is 1. The van der Waals surface area contributed by atoms with Crippen LogP contribution in [0.15, 0.2) is 18.2 Å². The SMILES string of the molecule is COc1nc(Cl)nc(Nc2ccc(C#N)c(C#N)c2)n1. The second-order valence-electron chi connectivity index (χ2n) is 3.52. The van der Waals surface area contributed by atoms with Crippen LogP contribution in [0.3, 0.4) is 0 Å². The Kier molecular flexibility index (Phi) is 3.94.